The Bertz CT molecular complexity index is 1610. The Hall–Kier alpha value is -3.63. The number of amides is 1. The van der Waals surface area contributed by atoms with Gasteiger partial charge in [-0.15, -0.1) is 0 Å². The number of anilines is 6. The molecule has 2 aliphatic rings. The Labute approximate surface area is 276 Å². The first-order chi connectivity index (χ1) is 22.0. The first-order valence-electron chi connectivity index (χ1n) is 15.6. The molecular weight excluding hydrogens is 623 g/mol. The van der Waals surface area contributed by atoms with Crippen LogP contribution in [-0.2, 0) is 9.36 Å². The Morgan fingerprint density at radius 1 is 1.04 bits per heavy atom. The number of hydrogen-bond acceptors (Lipinski definition) is 10. The van der Waals surface area contributed by atoms with Gasteiger partial charge in [0, 0.05) is 43.6 Å². The minimum atomic E-state index is -2.57. The molecule has 1 aromatic heterocycles. The number of methoxy groups -OCH3 is 1. The van der Waals surface area contributed by atoms with E-state index in [4.69, 9.17) is 16.3 Å². The molecule has 3 N–H and O–H groups in total. The van der Waals surface area contributed by atoms with Crippen molar-refractivity contribution in [3.8, 4) is 5.75 Å². The number of aromatic nitrogens is 2. The van der Waals surface area contributed by atoms with E-state index in [1.54, 1.807) is 20.4 Å². The van der Waals surface area contributed by atoms with Gasteiger partial charge < -0.3 is 35.1 Å². The van der Waals surface area contributed by atoms with Crippen LogP contribution in [0.2, 0.25) is 5.02 Å². The maximum Gasteiger partial charge on any atom is 0.247 e. The first-order valence-corrected chi connectivity index (χ1v) is 18.6. The highest BCUT2D eigenvalue weighted by Crippen LogP contribution is 2.41. The van der Waals surface area contributed by atoms with Gasteiger partial charge in [0.2, 0.25) is 11.9 Å². The molecule has 0 saturated carbocycles. The summed E-state index contributed by atoms with van der Waals surface area (Å²) in [5.41, 5.74) is 2.73. The first kappa shape index (κ1) is 33.7. The van der Waals surface area contributed by atoms with E-state index in [0.29, 0.717) is 45.0 Å². The molecule has 0 aliphatic carbocycles. The number of carbonyl (C=O) groups is 1. The standard InChI is InChI=1S/C33H44ClN8O3P/c1-6-31(43)36-26-20-27(38-33-35-22-24(34)32(39-33)37-25-10-7-8-11-30(25)46(4,5)44)29(45-3)21-28(26)42-16-12-23(13-17-42)41-15-9-14-40(2)18-19-41/h6-8,10-11,20-23H,1,9,12-19H2,2-5H3,(H,36,43)(H2,35,37,38,39). The number of halogens is 1. The van der Waals surface area contributed by atoms with E-state index in [9.17, 15) is 9.36 Å². The molecule has 2 fully saturated rings. The number of ether oxygens (including phenoxy) is 1. The minimum absolute atomic E-state index is 0.261. The third kappa shape index (κ3) is 8.20. The number of piperidine rings is 1. The second-order valence-corrected chi connectivity index (χ2v) is 15.8. The number of carbonyl (C=O) groups excluding carboxylic acids is 1. The Balaban J connectivity index is 1.39. The van der Waals surface area contributed by atoms with Crippen molar-refractivity contribution in [2.75, 3.05) is 87.6 Å². The van der Waals surface area contributed by atoms with E-state index in [1.807, 2.05) is 36.4 Å². The lowest BCUT2D eigenvalue weighted by Crippen LogP contribution is -2.46. The van der Waals surface area contributed by atoms with Crippen molar-refractivity contribution in [3.05, 3.63) is 60.3 Å². The predicted octanol–water partition coefficient (Wildman–Crippen LogP) is 5.60. The number of benzene rings is 2. The maximum absolute atomic E-state index is 12.9. The second kappa shape index (κ2) is 14.9. The van der Waals surface area contributed by atoms with Crippen molar-refractivity contribution in [1.82, 2.24) is 19.8 Å². The summed E-state index contributed by atoms with van der Waals surface area (Å²) in [5, 5.41) is 10.4. The number of rotatable bonds is 10. The summed E-state index contributed by atoms with van der Waals surface area (Å²) >= 11 is 6.48. The van der Waals surface area contributed by atoms with E-state index < -0.39 is 7.14 Å². The zero-order valence-corrected chi connectivity index (χ0v) is 28.7. The van der Waals surface area contributed by atoms with Crippen molar-refractivity contribution in [1.29, 1.82) is 0 Å². The van der Waals surface area contributed by atoms with E-state index >= 15 is 0 Å². The lowest BCUT2D eigenvalue weighted by molar-refractivity contribution is -0.111. The summed E-state index contributed by atoms with van der Waals surface area (Å²) in [4.78, 5) is 28.9. The van der Waals surface area contributed by atoms with E-state index in [1.165, 1.54) is 18.7 Å². The molecule has 0 spiro atoms. The third-order valence-corrected chi connectivity index (χ3v) is 10.4. The molecule has 1 amide bonds. The normalized spacial score (nSPS) is 16.8. The van der Waals surface area contributed by atoms with Crippen LogP contribution in [0.25, 0.3) is 0 Å². The van der Waals surface area contributed by atoms with Gasteiger partial charge in [-0.3, -0.25) is 9.69 Å². The molecule has 11 nitrogen and oxygen atoms in total. The molecular formula is C33H44ClN8O3P. The van der Waals surface area contributed by atoms with Crippen molar-refractivity contribution in [3.63, 3.8) is 0 Å². The number of para-hydroxylation sites is 1. The van der Waals surface area contributed by atoms with Crippen molar-refractivity contribution < 1.29 is 14.1 Å². The summed E-state index contributed by atoms with van der Waals surface area (Å²) in [6, 6.07) is 11.7. The summed E-state index contributed by atoms with van der Waals surface area (Å²) < 4.78 is 18.7. The van der Waals surface area contributed by atoms with Gasteiger partial charge in [0.05, 0.1) is 36.1 Å². The number of nitrogens with one attached hydrogen (secondary N) is 3. The largest absolute Gasteiger partial charge is 0.494 e. The number of hydrogen-bond donors (Lipinski definition) is 3. The van der Waals surface area contributed by atoms with Crippen molar-refractivity contribution in [2.24, 2.45) is 0 Å². The Kier molecular flexibility index (Phi) is 10.9. The highest BCUT2D eigenvalue weighted by molar-refractivity contribution is 7.70. The number of likely N-dealkylation sites (N-methyl/N-ethyl adjacent to an activating group) is 1. The Morgan fingerprint density at radius 2 is 1.80 bits per heavy atom. The third-order valence-electron chi connectivity index (χ3n) is 8.56. The summed E-state index contributed by atoms with van der Waals surface area (Å²) in [7, 11) is 1.24. The van der Waals surface area contributed by atoms with E-state index in [0.717, 1.165) is 57.8 Å². The molecule has 2 aliphatic heterocycles. The molecule has 13 heteroatoms. The second-order valence-electron chi connectivity index (χ2n) is 12.2. The molecule has 5 rings (SSSR count). The van der Waals surface area contributed by atoms with Crippen LogP contribution >= 0.6 is 18.7 Å². The van der Waals surface area contributed by atoms with Crippen LogP contribution < -0.4 is 30.9 Å². The lowest BCUT2D eigenvalue weighted by atomic mass is 10.0. The van der Waals surface area contributed by atoms with Gasteiger partial charge in [-0.25, -0.2) is 4.98 Å². The molecule has 0 radical (unpaired) electrons. The maximum atomic E-state index is 12.9. The van der Waals surface area contributed by atoms with Gasteiger partial charge in [0.15, 0.2) is 5.82 Å². The van der Waals surface area contributed by atoms with Crippen LogP contribution in [0.3, 0.4) is 0 Å². The van der Waals surface area contributed by atoms with Gasteiger partial charge in [-0.2, -0.15) is 4.98 Å². The molecule has 3 heterocycles. The Morgan fingerprint density at radius 3 is 2.52 bits per heavy atom. The van der Waals surface area contributed by atoms with Gasteiger partial charge in [0.1, 0.15) is 17.9 Å². The molecule has 246 valence electrons. The quantitative estimate of drug-likeness (QED) is 0.187. The van der Waals surface area contributed by atoms with E-state index in [-0.39, 0.29) is 11.9 Å². The highest BCUT2D eigenvalue weighted by Gasteiger charge is 2.28. The van der Waals surface area contributed by atoms with Gasteiger partial charge in [-0.05, 0) is 77.0 Å². The van der Waals surface area contributed by atoms with Crippen LogP contribution in [0.4, 0.5) is 34.5 Å². The number of nitrogens with zero attached hydrogens (tertiary/aromatic N) is 5. The molecule has 2 saturated heterocycles. The average Bonchev–Trinajstić information content (AvgIpc) is 3.27. The SMILES string of the molecule is C=CC(=O)Nc1cc(Nc2ncc(Cl)c(Nc3ccccc3P(C)(C)=O)n2)c(OC)cc1N1CCC(N2CCCN(C)CC2)CC1. The molecule has 3 aromatic rings. The monoisotopic (exact) mass is 666 g/mol. The van der Waals surface area contributed by atoms with Crippen LogP contribution in [0, 0.1) is 0 Å². The summed E-state index contributed by atoms with van der Waals surface area (Å²) in [6.45, 7) is 13.3. The highest BCUT2D eigenvalue weighted by atomic mass is 35.5. The van der Waals surface area contributed by atoms with Crippen molar-refractivity contribution >= 4 is 64.5 Å². The summed E-state index contributed by atoms with van der Waals surface area (Å²) in [6.07, 6.45) is 6.04. The molecule has 2 aromatic carbocycles. The molecule has 0 bridgehead atoms. The fourth-order valence-electron chi connectivity index (χ4n) is 6.10. The average molecular weight is 667 g/mol. The summed E-state index contributed by atoms with van der Waals surface area (Å²) in [5.74, 6) is 0.879. The zero-order chi connectivity index (χ0) is 32.8. The zero-order valence-electron chi connectivity index (χ0n) is 27.1. The van der Waals surface area contributed by atoms with Gasteiger partial charge in [-0.1, -0.05) is 30.3 Å². The molecule has 0 unspecified atom stereocenters. The minimum Gasteiger partial charge on any atom is -0.494 e. The molecule has 0 atom stereocenters. The topological polar surface area (TPSA) is 115 Å². The van der Waals surface area contributed by atoms with Gasteiger partial charge in [0.25, 0.3) is 0 Å². The fraction of sp³-hybridized carbons (Fsp3) is 0.424. The molecule has 46 heavy (non-hydrogen) atoms. The van der Waals surface area contributed by atoms with Crippen LogP contribution in [0.5, 0.6) is 5.75 Å². The van der Waals surface area contributed by atoms with Crippen LogP contribution in [-0.4, -0.2) is 98.5 Å². The van der Waals surface area contributed by atoms with E-state index in [2.05, 4.69) is 54.2 Å². The van der Waals surface area contributed by atoms with Gasteiger partial charge >= 0.3 is 0 Å². The fourth-order valence-corrected chi connectivity index (χ4v) is 7.39. The predicted molar refractivity (Wildman–Crippen MR) is 190 cm³/mol. The smallest absolute Gasteiger partial charge is 0.247 e. The lowest BCUT2D eigenvalue weighted by Gasteiger charge is -2.39. The van der Waals surface area contributed by atoms with Crippen molar-refractivity contribution in [2.45, 2.75) is 25.3 Å². The van der Waals surface area contributed by atoms with Crippen LogP contribution in [0.15, 0.2) is 55.3 Å². The van der Waals surface area contributed by atoms with Crippen LogP contribution in [0.1, 0.15) is 19.3 Å².